The molecule has 0 aliphatic heterocycles. The van der Waals surface area contributed by atoms with Crippen LogP contribution in [-0.4, -0.2) is 16.3 Å². The van der Waals surface area contributed by atoms with E-state index in [0.29, 0.717) is 5.56 Å². The molecule has 0 saturated heterocycles. The third kappa shape index (κ3) is 4.39. The zero-order chi connectivity index (χ0) is 15.2. The Balaban J connectivity index is 2.07. The molecule has 0 fully saturated rings. The lowest BCUT2D eigenvalue weighted by atomic mass is 9.98. The highest BCUT2D eigenvalue weighted by Crippen LogP contribution is 2.21. The van der Waals surface area contributed by atoms with Gasteiger partial charge in [0.15, 0.2) is 0 Å². The van der Waals surface area contributed by atoms with E-state index in [1.165, 1.54) is 5.56 Å². The molecule has 21 heavy (non-hydrogen) atoms. The molecule has 1 atom stereocenters. The van der Waals surface area contributed by atoms with E-state index in [4.69, 9.17) is 0 Å². The molecule has 114 valence electrons. The normalized spacial score (nSPS) is 12.6. The second-order valence-electron chi connectivity index (χ2n) is 5.58. The quantitative estimate of drug-likeness (QED) is 0.845. The van der Waals surface area contributed by atoms with Crippen molar-refractivity contribution in [2.45, 2.75) is 39.2 Å². The molecule has 0 bridgehead atoms. The third-order valence-corrected chi connectivity index (χ3v) is 3.71. The molecular weight excluding hydrogens is 265 g/mol. The second-order valence-corrected chi connectivity index (χ2v) is 5.58. The Labute approximate surface area is 126 Å². The summed E-state index contributed by atoms with van der Waals surface area (Å²) in [6, 6.07) is 5.66. The molecule has 1 N–H and O–H groups in total. The number of aryl methyl sites for hydroxylation is 3. The molecule has 1 unspecified atom stereocenters. The Kier molecular flexibility index (Phi) is 5.51. The SMILES string of the molecule is CCCNC(CCc1cnn(C)c1)c1ccc(F)c(C)c1. The lowest BCUT2D eigenvalue weighted by Gasteiger charge is -2.19. The van der Waals surface area contributed by atoms with Crippen molar-refractivity contribution in [2.24, 2.45) is 7.05 Å². The fourth-order valence-electron chi connectivity index (χ4n) is 2.50. The largest absolute Gasteiger partial charge is 0.310 e. The van der Waals surface area contributed by atoms with E-state index in [9.17, 15) is 4.39 Å². The zero-order valence-electron chi connectivity index (χ0n) is 13.1. The predicted molar refractivity (Wildman–Crippen MR) is 83.7 cm³/mol. The lowest BCUT2D eigenvalue weighted by molar-refractivity contribution is 0.497. The second kappa shape index (κ2) is 7.36. The van der Waals surface area contributed by atoms with Gasteiger partial charge in [0.25, 0.3) is 0 Å². The highest BCUT2D eigenvalue weighted by Gasteiger charge is 2.12. The summed E-state index contributed by atoms with van der Waals surface area (Å²) < 4.78 is 15.3. The molecule has 0 aliphatic carbocycles. The van der Waals surface area contributed by atoms with Gasteiger partial charge in [-0.1, -0.05) is 19.1 Å². The van der Waals surface area contributed by atoms with Gasteiger partial charge in [0, 0.05) is 19.3 Å². The van der Waals surface area contributed by atoms with Crippen molar-refractivity contribution in [1.29, 1.82) is 0 Å². The van der Waals surface area contributed by atoms with E-state index in [1.807, 2.05) is 43.2 Å². The Morgan fingerprint density at radius 2 is 2.19 bits per heavy atom. The van der Waals surface area contributed by atoms with Crippen LogP contribution in [0.2, 0.25) is 0 Å². The van der Waals surface area contributed by atoms with Crippen LogP contribution in [0.4, 0.5) is 4.39 Å². The van der Waals surface area contributed by atoms with E-state index in [2.05, 4.69) is 17.3 Å². The van der Waals surface area contributed by atoms with Crippen LogP contribution in [0.15, 0.2) is 30.6 Å². The van der Waals surface area contributed by atoms with Crippen molar-refractivity contribution in [3.05, 3.63) is 53.1 Å². The summed E-state index contributed by atoms with van der Waals surface area (Å²) in [5, 5.41) is 7.76. The predicted octanol–water partition coefficient (Wildman–Crippen LogP) is 3.54. The average molecular weight is 289 g/mol. The van der Waals surface area contributed by atoms with Crippen LogP contribution in [0, 0.1) is 12.7 Å². The molecule has 1 aromatic heterocycles. The fraction of sp³-hybridized carbons (Fsp3) is 0.471. The van der Waals surface area contributed by atoms with Gasteiger partial charge in [-0.3, -0.25) is 4.68 Å². The molecule has 0 saturated carbocycles. The van der Waals surface area contributed by atoms with Crippen molar-refractivity contribution in [3.8, 4) is 0 Å². The van der Waals surface area contributed by atoms with Crippen molar-refractivity contribution in [3.63, 3.8) is 0 Å². The molecule has 2 rings (SSSR count). The van der Waals surface area contributed by atoms with Crippen LogP contribution < -0.4 is 5.32 Å². The third-order valence-electron chi connectivity index (χ3n) is 3.71. The van der Waals surface area contributed by atoms with Gasteiger partial charge in [0.2, 0.25) is 0 Å². The summed E-state index contributed by atoms with van der Waals surface area (Å²) in [5.74, 6) is -0.139. The number of halogens is 1. The summed E-state index contributed by atoms with van der Waals surface area (Å²) in [7, 11) is 1.93. The van der Waals surface area contributed by atoms with Crippen LogP contribution in [0.3, 0.4) is 0 Å². The molecular formula is C17H24FN3. The maximum absolute atomic E-state index is 13.4. The van der Waals surface area contributed by atoms with E-state index in [-0.39, 0.29) is 11.9 Å². The Bertz CT molecular complexity index is 577. The first-order valence-corrected chi connectivity index (χ1v) is 7.57. The standard InChI is InChI=1S/C17H24FN3/c1-4-9-19-17(8-5-14-11-20-21(3)12-14)15-6-7-16(18)13(2)10-15/h6-7,10-12,17,19H,4-5,8-9H2,1-3H3. The number of benzene rings is 1. The van der Waals surface area contributed by atoms with Crippen LogP contribution >= 0.6 is 0 Å². The first kappa shape index (κ1) is 15.7. The number of hydrogen-bond donors (Lipinski definition) is 1. The molecule has 0 radical (unpaired) electrons. The summed E-state index contributed by atoms with van der Waals surface area (Å²) in [4.78, 5) is 0. The van der Waals surface area contributed by atoms with Gasteiger partial charge >= 0.3 is 0 Å². The molecule has 0 spiro atoms. The number of nitrogens with one attached hydrogen (secondary N) is 1. The Morgan fingerprint density at radius 3 is 2.81 bits per heavy atom. The number of nitrogens with zero attached hydrogens (tertiary/aromatic N) is 2. The van der Waals surface area contributed by atoms with E-state index in [0.717, 1.165) is 31.4 Å². The van der Waals surface area contributed by atoms with E-state index < -0.39 is 0 Å². The monoisotopic (exact) mass is 289 g/mol. The van der Waals surface area contributed by atoms with Gasteiger partial charge < -0.3 is 5.32 Å². The van der Waals surface area contributed by atoms with Crippen molar-refractivity contribution in [2.75, 3.05) is 6.54 Å². The highest BCUT2D eigenvalue weighted by molar-refractivity contribution is 5.26. The minimum Gasteiger partial charge on any atom is -0.310 e. The first-order valence-electron chi connectivity index (χ1n) is 7.57. The van der Waals surface area contributed by atoms with Gasteiger partial charge in [-0.25, -0.2) is 4.39 Å². The lowest BCUT2D eigenvalue weighted by Crippen LogP contribution is -2.23. The topological polar surface area (TPSA) is 29.9 Å². The minimum absolute atomic E-state index is 0.139. The van der Waals surface area contributed by atoms with E-state index in [1.54, 1.807) is 6.07 Å². The van der Waals surface area contributed by atoms with Crippen LogP contribution in [0.25, 0.3) is 0 Å². The molecule has 0 amide bonds. The van der Waals surface area contributed by atoms with Gasteiger partial charge in [-0.2, -0.15) is 5.10 Å². The summed E-state index contributed by atoms with van der Waals surface area (Å²) >= 11 is 0. The Morgan fingerprint density at radius 1 is 1.38 bits per heavy atom. The minimum atomic E-state index is -0.139. The molecule has 2 aromatic rings. The number of aromatic nitrogens is 2. The molecule has 0 aliphatic rings. The maximum atomic E-state index is 13.4. The van der Waals surface area contributed by atoms with Gasteiger partial charge in [-0.15, -0.1) is 0 Å². The molecule has 3 nitrogen and oxygen atoms in total. The summed E-state index contributed by atoms with van der Waals surface area (Å²) in [6.07, 6.45) is 6.99. The van der Waals surface area contributed by atoms with E-state index >= 15 is 0 Å². The molecule has 1 aromatic carbocycles. The fourth-order valence-corrected chi connectivity index (χ4v) is 2.50. The Hall–Kier alpha value is -1.68. The average Bonchev–Trinajstić information content (AvgIpc) is 2.88. The summed E-state index contributed by atoms with van der Waals surface area (Å²) in [6.45, 7) is 4.94. The smallest absolute Gasteiger partial charge is 0.126 e. The molecule has 1 heterocycles. The van der Waals surface area contributed by atoms with Crippen molar-refractivity contribution < 1.29 is 4.39 Å². The summed E-state index contributed by atoms with van der Waals surface area (Å²) in [5.41, 5.74) is 3.10. The van der Waals surface area contributed by atoms with Crippen molar-refractivity contribution in [1.82, 2.24) is 15.1 Å². The van der Waals surface area contributed by atoms with Crippen molar-refractivity contribution >= 4 is 0 Å². The van der Waals surface area contributed by atoms with Gasteiger partial charge in [0.05, 0.1) is 6.20 Å². The maximum Gasteiger partial charge on any atom is 0.126 e. The number of rotatable bonds is 7. The first-order chi connectivity index (χ1) is 10.1. The van der Waals surface area contributed by atoms with Crippen LogP contribution in [0.1, 0.15) is 42.5 Å². The number of hydrogen-bond acceptors (Lipinski definition) is 2. The van der Waals surface area contributed by atoms with Crippen LogP contribution in [-0.2, 0) is 13.5 Å². The van der Waals surface area contributed by atoms with Gasteiger partial charge in [0.1, 0.15) is 5.82 Å². The van der Waals surface area contributed by atoms with Gasteiger partial charge in [-0.05, 0) is 55.5 Å². The zero-order valence-corrected chi connectivity index (χ0v) is 13.1. The highest BCUT2D eigenvalue weighted by atomic mass is 19.1. The van der Waals surface area contributed by atoms with Crippen LogP contribution in [0.5, 0.6) is 0 Å². The molecule has 4 heteroatoms.